The molecule has 2 unspecified atom stereocenters. The minimum absolute atomic E-state index is 0.656. The fourth-order valence-corrected chi connectivity index (χ4v) is 2.52. The Hall–Kier alpha value is -0.900. The summed E-state index contributed by atoms with van der Waals surface area (Å²) in [6, 6.07) is 0.688. The van der Waals surface area contributed by atoms with E-state index in [0.29, 0.717) is 11.9 Å². The van der Waals surface area contributed by atoms with E-state index in [1.165, 1.54) is 32.1 Å². The van der Waals surface area contributed by atoms with Gasteiger partial charge in [0.15, 0.2) is 5.82 Å². The van der Waals surface area contributed by atoms with Crippen LogP contribution >= 0.6 is 0 Å². The number of hydrogen-bond acceptors (Lipinski definition) is 4. The first-order valence-corrected chi connectivity index (χ1v) is 6.76. The number of rotatable bonds is 4. The van der Waals surface area contributed by atoms with Gasteiger partial charge in [0.25, 0.3) is 0 Å². The molecule has 17 heavy (non-hydrogen) atoms. The van der Waals surface area contributed by atoms with E-state index in [2.05, 4.69) is 22.4 Å². The lowest BCUT2D eigenvalue weighted by atomic mass is 10.0. The van der Waals surface area contributed by atoms with Crippen molar-refractivity contribution in [2.75, 3.05) is 6.54 Å². The molecule has 0 saturated heterocycles. The van der Waals surface area contributed by atoms with Gasteiger partial charge in [0.2, 0.25) is 5.89 Å². The maximum atomic E-state index is 4.95. The maximum absolute atomic E-state index is 4.95. The quantitative estimate of drug-likeness (QED) is 0.817. The van der Waals surface area contributed by atoms with Gasteiger partial charge >= 0.3 is 0 Å². The third-order valence-corrected chi connectivity index (χ3v) is 3.61. The Labute approximate surface area is 103 Å². The first-order chi connectivity index (χ1) is 8.24. The summed E-state index contributed by atoms with van der Waals surface area (Å²) in [5.74, 6) is 2.38. The van der Waals surface area contributed by atoms with Gasteiger partial charge in [0.05, 0.1) is 0 Å². The maximum Gasteiger partial charge on any atom is 0.223 e. The Morgan fingerprint density at radius 2 is 2.18 bits per heavy atom. The molecule has 2 atom stereocenters. The van der Waals surface area contributed by atoms with E-state index in [-0.39, 0.29) is 0 Å². The Morgan fingerprint density at radius 3 is 2.94 bits per heavy atom. The molecule has 1 aromatic heterocycles. The minimum atomic E-state index is 0.656. The summed E-state index contributed by atoms with van der Waals surface area (Å²) in [7, 11) is 0. The van der Waals surface area contributed by atoms with Crippen LogP contribution in [0.5, 0.6) is 0 Å². The number of aromatic nitrogens is 2. The van der Waals surface area contributed by atoms with E-state index in [9.17, 15) is 0 Å². The predicted octanol–water partition coefficient (Wildman–Crippen LogP) is 2.48. The highest BCUT2D eigenvalue weighted by molar-refractivity contribution is 4.85. The predicted molar refractivity (Wildman–Crippen MR) is 66.8 cm³/mol. The lowest BCUT2D eigenvalue weighted by Crippen LogP contribution is -2.30. The highest BCUT2D eigenvalue weighted by Crippen LogP contribution is 2.22. The van der Waals surface area contributed by atoms with E-state index >= 15 is 0 Å². The Morgan fingerprint density at radius 1 is 1.29 bits per heavy atom. The molecule has 96 valence electrons. The van der Waals surface area contributed by atoms with Crippen molar-refractivity contribution in [2.24, 2.45) is 5.92 Å². The standard InChI is InChI=1S/C13H23N3O/c1-10-4-3-5-12(7-6-10)14-9-8-13-15-11(2)17-16-13/h10,12,14H,3-9H2,1-2H3. The van der Waals surface area contributed by atoms with Crippen LogP contribution in [-0.2, 0) is 6.42 Å². The molecule has 0 aromatic carbocycles. The van der Waals surface area contributed by atoms with Crippen LogP contribution in [0.25, 0.3) is 0 Å². The van der Waals surface area contributed by atoms with E-state index in [1.54, 1.807) is 0 Å². The summed E-state index contributed by atoms with van der Waals surface area (Å²) in [6.45, 7) is 5.15. The number of hydrogen-bond donors (Lipinski definition) is 1. The number of nitrogens with zero attached hydrogens (tertiary/aromatic N) is 2. The van der Waals surface area contributed by atoms with Gasteiger partial charge in [-0.05, 0) is 25.2 Å². The average molecular weight is 237 g/mol. The van der Waals surface area contributed by atoms with E-state index in [4.69, 9.17) is 4.52 Å². The summed E-state index contributed by atoms with van der Waals surface area (Å²) in [5, 5.41) is 7.52. The lowest BCUT2D eigenvalue weighted by molar-refractivity contribution is 0.385. The molecule has 1 fully saturated rings. The minimum Gasteiger partial charge on any atom is -0.340 e. The highest BCUT2D eigenvalue weighted by atomic mass is 16.5. The molecule has 1 aliphatic rings. The average Bonchev–Trinajstić information content (AvgIpc) is 2.59. The second kappa shape index (κ2) is 6.15. The van der Waals surface area contributed by atoms with Gasteiger partial charge in [-0.1, -0.05) is 24.9 Å². The van der Waals surface area contributed by atoms with Gasteiger partial charge < -0.3 is 9.84 Å². The molecule has 1 aliphatic carbocycles. The van der Waals surface area contributed by atoms with E-state index in [0.717, 1.165) is 24.7 Å². The van der Waals surface area contributed by atoms with Crippen molar-refractivity contribution in [3.8, 4) is 0 Å². The summed E-state index contributed by atoms with van der Waals surface area (Å²) in [6.07, 6.45) is 7.60. The zero-order valence-corrected chi connectivity index (χ0v) is 10.9. The SMILES string of the molecule is Cc1nc(CCNC2CCCC(C)CC2)no1. The molecule has 2 rings (SSSR count). The summed E-state index contributed by atoms with van der Waals surface area (Å²) >= 11 is 0. The molecule has 4 nitrogen and oxygen atoms in total. The van der Waals surface area contributed by atoms with Gasteiger partial charge in [0, 0.05) is 25.9 Å². The Kier molecular flexibility index (Phi) is 4.54. The van der Waals surface area contributed by atoms with Gasteiger partial charge in [-0.25, -0.2) is 0 Å². The monoisotopic (exact) mass is 237 g/mol. The molecule has 0 spiro atoms. The van der Waals surface area contributed by atoms with Crippen LogP contribution in [0, 0.1) is 12.8 Å². The van der Waals surface area contributed by atoms with Crippen LogP contribution in [0.4, 0.5) is 0 Å². The molecular weight excluding hydrogens is 214 g/mol. The van der Waals surface area contributed by atoms with Crippen molar-refractivity contribution in [3.05, 3.63) is 11.7 Å². The molecule has 1 aromatic rings. The molecule has 1 N–H and O–H groups in total. The molecule has 0 bridgehead atoms. The normalized spacial score (nSPS) is 25.8. The largest absolute Gasteiger partial charge is 0.340 e. The van der Waals surface area contributed by atoms with Crippen molar-refractivity contribution in [1.82, 2.24) is 15.5 Å². The van der Waals surface area contributed by atoms with Gasteiger partial charge in [-0.3, -0.25) is 0 Å². The first-order valence-electron chi connectivity index (χ1n) is 6.76. The zero-order chi connectivity index (χ0) is 12.1. The van der Waals surface area contributed by atoms with Gasteiger partial charge in [-0.15, -0.1) is 0 Å². The highest BCUT2D eigenvalue weighted by Gasteiger charge is 2.15. The van der Waals surface area contributed by atoms with Crippen LogP contribution in [0.15, 0.2) is 4.52 Å². The second-order valence-electron chi connectivity index (χ2n) is 5.24. The fourth-order valence-electron chi connectivity index (χ4n) is 2.52. The van der Waals surface area contributed by atoms with Crippen LogP contribution in [0.3, 0.4) is 0 Å². The van der Waals surface area contributed by atoms with Crippen LogP contribution in [0.2, 0.25) is 0 Å². The van der Waals surface area contributed by atoms with Crippen molar-refractivity contribution < 1.29 is 4.52 Å². The third-order valence-electron chi connectivity index (χ3n) is 3.61. The Balaban J connectivity index is 1.67. The van der Waals surface area contributed by atoms with Crippen LogP contribution in [-0.4, -0.2) is 22.7 Å². The zero-order valence-electron chi connectivity index (χ0n) is 10.9. The van der Waals surface area contributed by atoms with E-state index < -0.39 is 0 Å². The molecule has 4 heteroatoms. The molecule has 0 amide bonds. The van der Waals surface area contributed by atoms with Crippen molar-refractivity contribution in [3.63, 3.8) is 0 Å². The van der Waals surface area contributed by atoms with Crippen LogP contribution < -0.4 is 5.32 Å². The van der Waals surface area contributed by atoms with Gasteiger partial charge in [0.1, 0.15) is 0 Å². The Bertz CT molecular complexity index is 337. The lowest BCUT2D eigenvalue weighted by Gasteiger charge is -2.15. The topological polar surface area (TPSA) is 51.0 Å². The first kappa shape index (κ1) is 12.6. The van der Waals surface area contributed by atoms with Crippen LogP contribution in [0.1, 0.15) is 50.7 Å². The van der Waals surface area contributed by atoms with Crippen molar-refractivity contribution >= 4 is 0 Å². The molecule has 1 saturated carbocycles. The molecule has 1 heterocycles. The molecule has 0 radical (unpaired) electrons. The second-order valence-corrected chi connectivity index (χ2v) is 5.24. The molecular formula is C13H23N3O. The fraction of sp³-hybridized carbons (Fsp3) is 0.846. The van der Waals surface area contributed by atoms with Crippen molar-refractivity contribution in [2.45, 2.75) is 58.4 Å². The van der Waals surface area contributed by atoms with E-state index in [1.807, 2.05) is 6.92 Å². The molecule has 0 aliphatic heterocycles. The van der Waals surface area contributed by atoms with Gasteiger partial charge in [-0.2, -0.15) is 4.98 Å². The number of nitrogens with one attached hydrogen (secondary N) is 1. The summed E-state index contributed by atoms with van der Waals surface area (Å²) in [4.78, 5) is 4.21. The summed E-state index contributed by atoms with van der Waals surface area (Å²) < 4.78 is 4.95. The summed E-state index contributed by atoms with van der Waals surface area (Å²) in [5.41, 5.74) is 0. The third kappa shape index (κ3) is 4.11. The van der Waals surface area contributed by atoms with Crippen molar-refractivity contribution in [1.29, 1.82) is 0 Å². The number of aryl methyl sites for hydroxylation is 1. The smallest absolute Gasteiger partial charge is 0.223 e.